The summed E-state index contributed by atoms with van der Waals surface area (Å²) in [5.74, 6) is 1.05. The fraction of sp³-hybridized carbons (Fsp3) is 0.647. The van der Waals surface area contributed by atoms with Gasteiger partial charge in [-0.3, -0.25) is 0 Å². The molecule has 1 N–H and O–H groups in total. The van der Waals surface area contributed by atoms with E-state index in [0.717, 1.165) is 18.9 Å². The van der Waals surface area contributed by atoms with Gasteiger partial charge >= 0.3 is 6.18 Å². The first-order valence-corrected chi connectivity index (χ1v) is 7.58. The Labute approximate surface area is 125 Å². The van der Waals surface area contributed by atoms with E-state index in [4.69, 9.17) is 0 Å². The molecular formula is C17H26F3N. The molecule has 0 spiro atoms. The molecule has 21 heavy (non-hydrogen) atoms. The maximum atomic E-state index is 13.0. The topological polar surface area (TPSA) is 12.0 Å². The molecule has 0 unspecified atom stereocenters. The van der Waals surface area contributed by atoms with Gasteiger partial charge in [0.25, 0.3) is 0 Å². The van der Waals surface area contributed by atoms with Gasteiger partial charge in [0.2, 0.25) is 0 Å². The van der Waals surface area contributed by atoms with Crippen molar-refractivity contribution in [2.24, 2.45) is 11.8 Å². The highest BCUT2D eigenvalue weighted by Crippen LogP contribution is 2.31. The molecule has 0 aromatic heterocycles. The minimum Gasteiger partial charge on any atom is -0.310 e. The molecule has 1 nitrogen and oxygen atoms in total. The van der Waals surface area contributed by atoms with E-state index >= 15 is 0 Å². The lowest BCUT2D eigenvalue weighted by atomic mass is 9.95. The summed E-state index contributed by atoms with van der Waals surface area (Å²) >= 11 is 0. The predicted molar refractivity (Wildman–Crippen MR) is 81.0 cm³/mol. The number of benzene rings is 1. The Hall–Kier alpha value is -1.03. The van der Waals surface area contributed by atoms with Crippen molar-refractivity contribution in [2.45, 2.75) is 59.3 Å². The molecule has 1 aromatic rings. The van der Waals surface area contributed by atoms with Gasteiger partial charge in [-0.25, -0.2) is 0 Å². The molecule has 0 amide bonds. The first-order chi connectivity index (χ1) is 9.70. The molecule has 0 radical (unpaired) electrons. The maximum absolute atomic E-state index is 13.0. The van der Waals surface area contributed by atoms with Crippen LogP contribution in [-0.2, 0) is 12.7 Å². The van der Waals surface area contributed by atoms with Crippen molar-refractivity contribution < 1.29 is 13.2 Å². The smallest absolute Gasteiger partial charge is 0.310 e. The Morgan fingerprint density at radius 2 is 1.48 bits per heavy atom. The lowest BCUT2D eigenvalue weighted by Gasteiger charge is -2.23. The average Bonchev–Trinajstić information content (AvgIpc) is 2.34. The Bertz CT molecular complexity index is 414. The third-order valence-corrected chi connectivity index (χ3v) is 3.42. The van der Waals surface area contributed by atoms with Gasteiger partial charge in [-0.1, -0.05) is 45.9 Å². The quantitative estimate of drug-likeness (QED) is 0.724. The molecule has 0 bridgehead atoms. The summed E-state index contributed by atoms with van der Waals surface area (Å²) in [4.78, 5) is 0. The number of nitrogens with one attached hydrogen (secondary N) is 1. The van der Waals surface area contributed by atoms with E-state index < -0.39 is 11.7 Å². The van der Waals surface area contributed by atoms with Crippen LogP contribution in [0.2, 0.25) is 0 Å². The molecule has 4 heteroatoms. The third-order valence-electron chi connectivity index (χ3n) is 3.42. The monoisotopic (exact) mass is 301 g/mol. The highest BCUT2D eigenvalue weighted by molar-refractivity contribution is 5.29. The largest absolute Gasteiger partial charge is 0.416 e. The zero-order valence-corrected chi connectivity index (χ0v) is 13.3. The Kier molecular flexibility index (Phi) is 6.72. The first kappa shape index (κ1) is 18.0. The molecule has 0 saturated carbocycles. The van der Waals surface area contributed by atoms with Crippen LogP contribution in [0.5, 0.6) is 0 Å². The zero-order valence-electron chi connectivity index (χ0n) is 13.3. The van der Waals surface area contributed by atoms with Gasteiger partial charge in [-0.05, 0) is 36.3 Å². The van der Waals surface area contributed by atoms with Crippen LogP contribution in [0.25, 0.3) is 0 Å². The fourth-order valence-corrected chi connectivity index (χ4v) is 2.61. The Morgan fingerprint density at radius 3 is 1.95 bits per heavy atom. The van der Waals surface area contributed by atoms with E-state index in [9.17, 15) is 13.2 Å². The minimum absolute atomic E-state index is 0.256. The second-order valence-electron chi connectivity index (χ2n) is 6.49. The molecule has 1 rings (SSSR count). The predicted octanol–water partition coefficient (Wildman–Crippen LogP) is 5.26. The fourth-order valence-electron chi connectivity index (χ4n) is 2.61. The van der Waals surface area contributed by atoms with Crippen molar-refractivity contribution in [2.75, 3.05) is 0 Å². The van der Waals surface area contributed by atoms with Crippen LogP contribution >= 0.6 is 0 Å². The summed E-state index contributed by atoms with van der Waals surface area (Å²) in [6, 6.07) is 6.05. The van der Waals surface area contributed by atoms with Gasteiger partial charge < -0.3 is 5.32 Å². The van der Waals surface area contributed by atoms with Gasteiger partial charge in [0.1, 0.15) is 0 Å². The van der Waals surface area contributed by atoms with Crippen molar-refractivity contribution >= 4 is 0 Å². The molecule has 0 heterocycles. The standard InChI is InChI=1S/C17H26F3N/c1-12(2)9-15(10-13(3)4)21-11-14-7-5-6-8-16(14)17(18,19)20/h5-8,12-13,15,21H,9-11H2,1-4H3. The van der Waals surface area contributed by atoms with E-state index in [1.165, 1.54) is 6.07 Å². The van der Waals surface area contributed by atoms with Crippen LogP contribution in [0.3, 0.4) is 0 Å². The third kappa shape index (κ3) is 6.51. The summed E-state index contributed by atoms with van der Waals surface area (Å²) in [5, 5.41) is 3.31. The molecule has 0 aliphatic carbocycles. The lowest BCUT2D eigenvalue weighted by molar-refractivity contribution is -0.138. The van der Waals surface area contributed by atoms with Crippen molar-refractivity contribution in [3.8, 4) is 0 Å². The zero-order chi connectivity index (χ0) is 16.0. The van der Waals surface area contributed by atoms with E-state index in [1.54, 1.807) is 12.1 Å². The molecule has 0 fully saturated rings. The number of hydrogen-bond donors (Lipinski definition) is 1. The number of halogens is 3. The molecule has 120 valence electrons. The molecule has 1 aromatic carbocycles. The first-order valence-electron chi connectivity index (χ1n) is 7.58. The van der Waals surface area contributed by atoms with E-state index in [2.05, 4.69) is 33.0 Å². The van der Waals surface area contributed by atoms with E-state index in [0.29, 0.717) is 17.4 Å². The Balaban J connectivity index is 2.76. The Morgan fingerprint density at radius 1 is 0.952 bits per heavy atom. The van der Waals surface area contributed by atoms with Crippen molar-refractivity contribution in [1.82, 2.24) is 5.32 Å². The van der Waals surface area contributed by atoms with Gasteiger partial charge in [0.05, 0.1) is 5.56 Å². The second kappa shape index (κ2) is 7.83. The normalized spacial score (nSPS) is 12.7. The molecule has 0 saturated heterocycles. The molecule has 0 aliphatic rings. The number of rotatable bonds is 7. The van der Waals surface area contributed by atoms with Gasteiger partial charge in [-0.15, -0.1) is 0 Å². The summed E-state index contributed by atoms with van der Waals surface area (Å²) in [6.07, 6.45) is -2.33. The van der Waals surface area contributed by atoms with Crippen LogP contribution in [0, 0.1) is 11.8 Å². The lowest BCUT2D eigenvalue weighted by Crippen LogP contribution is -2.32. The summed E-state index contributed by atoms with van der Waals surface area (Å²) < 4.78 is 38.9. The van der Waals surface area contributed by atoms with E-state index in [1.807, 2.05) is 0 Å². The number of hydrogen-bond acceptors (Lipinski definition) is 1. The van der Waals surface area contributed by atoms with Crippen LogP contribution in [0.4, 0.5) is 13.2 Å². The minimum atomic E-state index is -4.29. The van der Waals surface area contributed by atoms with Crippen LogP contribution in [-0.4, -0.2) is 6.04 Å². The average molecular weight is 301 g/mol. The molecule has 0 aliphatic heterocycles. The number of alkyl halides is 3. The van der Waals surface area contributed by atoms with Crippen molar-refractivity contribution in [1.29, 1.82) is 0 Å². The van der Waals surface area contributed by atoms with Crippen LogP contribution < -0.4 is 5.32 Å². The summed E-state index contributed by atoms with van der Waals surface area (Å²) in [6.45, 7) is 8.81. The van der Waals surface area contributed by atoms with E-state index in [-0.39, 0.29) is 12.6 Å². The van der Waals surface area contributed by atoms with Gasteiger partial charge in [0, 0.05) is 12.6 Å². The summed E-state index contributed by atoms with van der Waals surface area (Å²) in [5.41, 5.74) is -0.215. The second-order valence-corrected chi connectivity index (χ2v) is 6.49. The maximum Gasteiger partial charge on any atom is 0.416 e. The van der Waals surface area contributed by atoms with Gasteiger partial charge in [-0.2, -0.15) is 13.2 Å². The van der Waals surface area contributed by atoms with Crippen LogP contribution in [0.1, 0.15) is 51.7 Å². The van der Waals surface area contributed by atoms with Crippen molar-refractivity contribution in [3.05, 3.63) is 35.4 Å². The van der Waals surface area contributed by atoms with Gasteiger partial charge in [0.15, 0.2) is 0 Å². The molecule has 0 atom stereocenters. The summed E-state index contributed by atoms with van der Waals surface area (Å²) in [7, 11) is 0. The highest BCUT2D eigenvalue weighted by atomic mass is 19.4. The molecular weight excluding hydrogens is 275 g/mol. The van der Waals surface area contributed by atoms with Crippen molar-refractivity contribution in [3.63, 3.8) is 0 Å². The SMILES string of the molecule is CC(C)CC(CC(C)C)NCc1ccccc1C(F)(F)F. The van der Waals surface area contributed by atoms with Crippen LogP contribution in [0.15, 0.2) is 24.3 Å². The highest BCUT2D eigenvalue weighted by Gasteiger charge is 2.32.